The third kappa shape index (κ3) is 2.49. The van der Waals surface area contributed by atoms with Crippen molar-refractivity contribution in [3.8, 4) is 6.07 Å². The van der Waals surface area contributed by atoms with E-state index in [0.29, 0.717) is 13.0 Å². The molecule has 3 atom stereocenters. The van der Waals surface area contributed by atoms with Crippen LogP contribution in [-0.2, 0) is 9.53 Å². The van der Waals surface area contributed by atoms with Gasteiger partial charge in [0.05, 0.1) is 36.4 Å². The van der Waals surface area contributed by atoms with Crippen LogP contribution in [0.4, 0.5) is 0 Å². The highest BCUT2D eigenvalue weighted by atomic mass is 16.5. The van der Waals surface area contributed by atoms with Gasteiger partial charge in [-0.25, -0.2) is 0 Å². The number of carbonyl (C=O) groups is 1. The molecule has 5 nitrogen and oxygen atoms in total. The van der Waals surface area contributed by atoms with Crippen molar-refractivity contribution in [1.29, 1.82) is 5.26 Å². The number of hydrogen-bond acceptors (Lipinski definition) is 5. The van der Waals surface area contributed by atoms with Crippen molar-refractivity contribution in [3.63, 3.8) is 0 Å². The quantitative estimate of drug-likeness (QED) is 0.809. The Balaban J connectivity index is 2.21. The molecule has 0 aliphatic carbocycles. The number of esters is 1. The fourth-order valence-corrected chi connectivity index (χ4v) is 2.21. The molecule has 0 unspecified atom stereocenters. The Morgan fingerprint density at radius 3 is 3.11 bits per heavy atom. The molecule has 2 rings (SSSR count). The molecule has 1 aliphatic heterocycles. The maximum Gasteiger partial charge on any atom is 0.311 e. The van der Waals surface area contributed by atoms with Gasteiger partial charge in [0, 0.05) is 6.20 Å². The van der Waals surface area contributed by atoms with Gasteiger partial charge >= 0.3 is 5.97 Å². The van der Waals surface area contributed by atoms with E-state index in [1.165, 1.54) is 0 Å². The van der Waals surface area contributed by atoms with E-state index in [1.807, 2.05) is 18.2 Å². The van der Waals surface area contributed by atoms with Gasteiger partial charge in [-0.3, -0.25) is 15.1 Å². The van der Waals surface area contributed by atoms with Crippen LogP contribution in [0.5, 0.6) is 0 Å². The maximum absolute atomic E-state index is 11.9. The third-order valence-corrected chi connectivity index (χ3v) is 3.02. The predicted octanol–water partition coefficient (Wildman–Crippen LogP) is 1.19. The Kier molecular flexibility index (Phi) is 3.90. The fourth-order valence-electron chi connectivity index (χ4n) is 2.21. The summed E-state index contributed by atoms with van der Waals surface area (Å²) in [6.07, 6.45) is 2.15. The van der Waals surface area contributed by atoms with Crippen molar-refractivity contribution in [1.82, 2.24) is 10.3 Å². The monoisotopic (exact) mass is 245 g/mol. The Morgan fingerprint density at radius 2 is 2.50 bits per heavy atom. The first-order chi connectivity index (χ1) is 8.76. The van der Waals surface area contributed by atoms with E-state index < -0.39 is 0 Å². The molecule has 1 aliphatic rings. The summed E-state index contributed by atoms with van der Waals surface area (Å²) in [5, 5.41) is 12.1. The molecule has 5 heteroatoms. The first kappa shape index (κ1) is 12.5. The van der Waals surface area contributed by atoms with Crippen LogP contribution < -0.4 is 5.32 Å². The number of carbonyl (C=O) groups excluding carboxylic acids is 1. The third-order valence-electron chi connectivity index (χ3n) is 3.02. The lowest BCUT2D eigenvalue weighted by Gasteiger charge is -2.17. The van der Waals surface area contributed by atoms with Crippen LogP contribution >= 0.6 is 0 Å². The second kappa shape index (κ2) is 5.61. The maximum atomic E-state index is 11.9. The minimum absolute atomic E-state index is 0.241. The number of hydrogen-bond donors (Lipinski definition) is 1. The Labute approximate surface area is 106 Å². The molecule has 0 radical (unpaired) electrons. The highest BCUT2D eigenvalue weighted by Crippen LogP contribution is 2.32. The summed E-state index contributed by atoms with van der Waals surface area (Å²) in [5.74, 6) is -0.608. The van der Waals surface area contributed by atoms with Crippen molar-refractivity contribution >= 4 is 5.97 Å². The summed E-state index contributed by atoms with van der Waals surface area (Å²) in [7, 11) is 0. The molecule has 94 valence electrons. The van der Waals surface area contributed by atoms with Crippen LogP contribution in [0.1, 0.15) is 25.1 Å². The van der Waals surface area contributed by atoms with E-state index in [2.05, 4.69) is 16.4 Å². The molecule has 0 bridgehead atoms. The van der Waals surface area contributed by atoms with Crippen LogP contribution in [-0.4, -0.2) is 23.6 Å². The normalized spacial score (nSPS) is 26.6. The lowest BCUT2D eigenvalue weighted by Crippen LogP contribution is -2.27. The number of nitrogens with one attached hydrogen (secondary N) is 1. The van der Waals surface area contributed by atoms with E-state index in [9.17, 15) is 4.79 Å². The minimum atomic E-state index is -0.343. The van der Waals surface area contributed by atoms with E-state index in [1.54, 1.807) is 13.1 Å². The SMILES string of the molecule is CCOC(=O)[C@@H]1C[C@H](C#N)N[C@@H]1c1ccccn1. The van der Waals surface area contributed by atoms with Gasteiger partial charge in [0.15, 0.2) is 0 Å². The zero-order chi connectivity index (χ0) is 13.0. The van der Waals surface area contributed by atoms with Crippen molar-refractivity contribution in [2.75, 3.05) is 6.61 Å². The highest BCUT2D eigenvalue weighted by molar-refractivity contribution is 5.74. The van der Waals surface area contributed by atoms with Gasteiger partial charge in [-0.1, -0.05) is 6.07 Å². The fraction of sp³-hybridized carbons (Fsp3) is 0.462. The molecule has 0 saturated carbocycles. The van der Waals surface area contributed by atoms with Crippen LogP contribution in [0, 0.1) is 17.2 Å². The largest absolute Gasteiger partial charge is 0.466 e. The van der Waals surface area contributed by atoms with E-state index in [-0.39, 0.29) is 24.0 Å². The molecule has 1 saturated heterocycles. The zero-order valence-electron chi connectivity index (χ0n) is 10.2. The molecule has 0 spiro atoms. The molecule has 1 fully saturated rings. The second-order valence-electron chi connectivity index (χ2n) is 4.17. The Morgan fingerprint density at radius 1 is 1.67 bits per heavy atom. The summed E-state index contributed by atoms with van der Waals surface area (Å²) in [4.78, 5) is 16.1. The summed E-state index contributed by atoms with van der Waals surface area (Å²) in [6.45, 7) is 2.12. The second-order valence-corrected chi connectivity index (χ2v) is 4.17. The molecule has 0 aromatic carbocycles. The number of nitrogens with zero attached hydrogens (tertiary/aromatic N) is 2. The summed E-state index contributed by atoms with van der Waals surface area (Å²) < 4.78 is 5.05. The Hall–Kier alpha value is -1.93. The molecule has 18 heavy (non-hydrogen) atoms. The van der Waals surface area contributed by atoms with Crippen molar-refractivity contribution in [3.05, 3.63) is 30.1 Å². The van der Waals surface area contributed by atoms with Gasteiger partial charge in [0.25, 0.3) is 0 Å². The molecule has 1 N–H and O–H groups in total. The number of pyridine rings is 1. The average Bonchev–Trinajstić information content (AvgIpc) is 2.84. The van der Waals surface area contributed by atoms with Crippen LogP contribution in [0.25, 0.3) is 0 Å². The summed E-state index contributed by atoms with van der Waals surface area (Å²) >= 11 is 0. The first-order valence-corrected chi connectivity index (χ1v) is 5.99. The van der Waals surface area contributed by atoms with Crippen LogP contribution in [0.15, 0.2) is 24.4 Å². The van der Waals surface area contributed by atoms with Gasteiger partial charge in [-0.05, 0) is 25.5 Å². The van der Waals surface area contributed by atoms with Gasteiger partial charge in [0.1, 0.15) is 0 Å². The molecular weight excluding hydrogens is 230 g/mol. The van der Waals surface area contributed by atoms with Gasteiger partial charge in [0.2, 0.25) is 0 Å². The smallest absolute Gasteiger partial charge is 0.311 e. The summed E-state index contributed by atoms with van der Waals surface area (Å²) in [6, 6.07) is 7.11. The first-order valence-electron chi connectivity index (χ1n) is 5.99. The lowest BCUT2D eigenvalue weighted by molar-refractivity contribution is -0.148. The molecule has 0 amide bonds. The number of ether oxygens (including phenoxy) is 1. The zero-order valence-corrected chi connectivity index (χ0v) is 10.2. The number of nitriles is 1. The molecule has 1 aromatic heterocycles. The Bertz CT molecular complexity index is 455. The van der Waals surface area contributed by atoms with Gasteiger partial charge in [-0.15, -0.1) is 0 Å². The van der Waals surface area contributed by atoms with E-state index >= 15 is 0 Å². The van der Waals surface area contributed by atoms with E-state index in [4.69, 9.17) is 10.00 Å². The molecule has 2 heterocycles. The number of rotatable bonds is 3. The topological polar surface area (TPSA) is 75.0 Å². The standard InChI is InChI=1S/C13H15N3O2/c1-2-18-13(17)10-7-9(8-14)16-12(10)11-5-3-4-6-15-11/h3-6,9-10,12,16H,2,7H2,1H3/t9-,10-,12+/m1/s1. The van der Waals surface area contributed by atoms with Crippen molar-refractivity contribution in [2.24, 2.45) is 5.92 Å². The van der Waals surface area contributed by atoms with Crippen LogP contribution in [0.2, 0.25) is 0 Å². The number of aromatic nitrogens is 1. The van der Waals surface area contributed by atoms with Crippen molar-refractivity contribution in [2.45, 2.75) is 25.4 Å². The summed E-state index contributed by atoms with van der Waals surface area (Å²) in [5.41, 5.74) is 0.772. The lowest BCUT2D eigenvalue weighted by atomic mass is 9.96. The highest BCUT2D eigenvalue weighted by Gasteiger charge is 2.40. The average molecular weight is 245 g/mol. The van der Waals surface area contributed by atoms with Gasteiger partial charge < -0.3 is 4.74 Å². The van der Waals surface area contributed by atoms with Gasteiger partial charge in [-0.2, -0.15) is 5.26 Å². The predicted molar refractivity (Wildman–Crippen MR) is 64.3 cm³/mol. The van der Waals surface area contributed by atoms with Crippen molar-refractivity contribution < 1.29 is 9.53 Å². The minimum Gasteiger partial charge on any atom is -0.466 e. The molecule has 1 aromatic rings. The van der Waals surface area contributed by atoms with Crippen LogP contribution in [0.3, 0.4) is 0 Å². The molecular formula is C13H15N3O2. The van der Waals surface area contributed by atoms with E-state index in [0.717, 1.165) is 5.69 Å².